The number of carboxylic acids is 2. The SMILES string of the molecule is O=C(O)c1ccc(C(=O)O)c(C(=O)c2cccc(S(=O)(=O)O)c2)c1. The Labute approximate surface area is 135 Å². The number of hydrogen-bond acceptors (Lipinski definition) is 5. The van der Waals surface area contributed by atoms with Crippen LogP contribution in [-0.4, -0.2) is 40.9 Å². The minimum absolute atomic E-state index is 0.213. The molecule has 0 radical (unpaired) electrons. The lowest BCUT2D eigenvalue weighted by Crippen LogP contribution is -2.12. The second kappa shape index (κ2) is 6.22. The molecule has 0 aromatic heterocycles. The van der Waals surface area contributed by atoms with Crippen LogP contribution in [0.4, 0.5) is 0 Å². The van der Waals surface area contributed by atoms with Gasteiger partial charge in [0.05, 0.1) is 16.0 Å². The standard InChI is InChI=1S/C15H10O8S/c16-13(8-2-1-3-10(6-8)24(21,22)23)12-7-9(14(17)18)4-5-11(12)15(19)20/h1-7H,(H,17,18)(H,19,20)(H,21,22,23). The molecule has 0 unspecified atom stereocenters. The van der Waals surface area contributed by atoms with Crippen molar-refractivity contribution in [1.82, 2.24) is 0 Å². The van der Waals surface area contributed by atoms with E-state index in [0.717, 1.165) is 30.3 Å². The zero-order valence-corrected chi connectivity index (χ0v) is 12.6. The van der Waals surface area contributed by atoms with E-state index in [1.54, 1.807) is 0 Å². The monoisotopic (exact) mass is 350 g/mol. The lowest BCUT2D eigenvalue weighted by atomic mass is 9.96. The molecule has 9 heteroatoms. The summed E-state index contributed by atoms with van der Waals surface area (Å²) in [6.07, 6.45) is 0. The minimum Gasteiger partial charge on any atom is -0.478 e. The summed E-state index contributed by atoms with van der Waals surface area (Å²) >= 11 is 0. The Bertz CT molecular complexity index is 959. The third-order valence-corrected chi connectivity index (χ3v) is 3.99. The third kappa shape index (κ3) is 3.47. The van der Waals surface area contributed by atoms with E-state index in [-0.39, 0.29) is 11.1 Å². The highest BCUT2D eigenvalue weighted by Gasteiger charge is 2.21. The summed E-state index contributed by atoms with van der Waals surface area (Å²) < 4.78 is 31.3. The molecule has 0 saturated heterocycles. The number of hydrogen-bond donors (Lipinski definition) is 3. The highest BCUT2D eigenvalue weighted by Crippen LogP contribution is 2.19. The molecule has 2 rings (SSSR count). The van der Waals surface area contributed by atoms with Gasteiger partial charge in [0, 0.05) is 11.1 Å². The number of ketones is 1. The Morgan fingerprint density at radius 1 is 0.792 bits per heavy atom. The molecule has 0 heterocycles. The molecule has 0 saturated carbocycles. The zero-order valence-electron chi connectivity index (χ0n) is 11.8. The summed E-state index contributed by atoms with van der Waals surface area (Å²) in [5, 5.41) is 18.1. The normalized spacial score (nSPS) is 11.0. The zero-order chi connectivity index (χ0) is 18.1. The molecule has 0 bridgehead atoms. The average Bonchev–Trinajstić information content (AvgIpc) is 2.52. The lowest BCUT2D eigenvalue weighted by molar-refractivity contribution is 0.0679. The van der Waals surface area contributed by atoms with Crippen molar-refractivity contribution in [2.75, 3.05) is 0 Å². The molecule has 2 aromatic carbocycles. The van der Waals surface area contributed by atoms with E-state index in [2.05, 4.69) is 0 Å². The topological polar surface area (TPSA) is 146 Å². The fourth-order valence-corrected chi connectivity index (χ4v) is 2.53. The number of benzene rings is 2. The van der Waals surface area contributed by atoms with E-state index < -0.39 is 43.9 Å². The van der Waals surface area contributed by atoms with Gasteiger partial charge in [-0.25, -0.2) is 9.59 Å². The van der Waals surface area contributed by atoms with Crippen molar-refractivity contribution in [1.29, 1.82) is 0 Å². The van der Waals surface area contributed by atoms with Crippen molar-refractivity contribution >= 4 is 27.8 Å². The first-order valence-electron chi connectivity index (χ1n) is 6.34. The van der Waals surface area contributed by atoms with Gasteiger partial charge in [-0.15, -0.1) is 0 Å². The predicted molar refractivity (Wildman–Crippen MR) is 80.0 cm³/mol. The Morgan fingerprint density at radius 2 is 1.46 bits per heavy atom. The Kier molecular flexibility index (Phi) is 4.49. The fourth-order valence-electron chi connectivity index (χ4n) is 2.00. The molecule has 0 aliphatic rings. The van der Waals surface area contributed by atoms with E-state index in [0.29, 0.717) is 0 Å². The number of carboxylic acid groups (broad SMARTS) is 2. The summed E-state index contributed by atoms with van der Waals surface area (Å²) in [6.45, 7) is 0. The van der Waals surface area contributed by atoms with Gasteiger partial charge in [0.2, 0.25) is 0 Å². The van der Waals surface area contributed by atoms with Crippen LogP contribution in [0, 0.1) is 0 Å². The average molecular weight is 350 g/mol. The molecular formula is C15H10O8S. The van der Waals surface area contributed by atoms with Crippen LogP contribution in [0.3, 0.4) is 0 Å². The predicted octanol–water partition coefficient (Wildman–Crippen LogP) is 1.56. The number of carbonyl (C=O) groups excluding carboxylic acids is 1. The van der Waals surface area contributed by atoms with Crippen molar-refractivity contribution in [2.45, 2.75) is 4.90 Å². The number of rotatable bonds is 5. The van der Waals surface area contributed by atoms with Crippen molar-refractivity contribution in [3.05, 3.63) is 64.7 Å². The summed E-state index contributed by atoms with van der Waals surface area (Å²) in [4.78, 5) is 34.2. The third-order valence-electron chi connectivity index (χ3n) is 3.14. The molecule has 8 nitrogen and oxygen atoms in total. The van der Waals surface area contributed by atoms with Crippen molar-refractivity contribution in [3.63, 3.8) is 0 Å². The van der Waals surface area contributed by atoms with E-state index in [4.69, 9.17) is 14.8 Å². The quantitative estimate of drug-likeness (QED) is 0.544. The molecule has 2 aromatic rings. The smallest absolute Gasteiger partial charge is 0.336 e. The largest absolute Gasteiger partial charge is 0.478 e. The summed E-state index contributed by atoms with van der Waals surface area (Å²) in [7, 11) is -4.55. The van der Waals surface area contributed by atoms with Gasteiger partial charge in [-0.05, 0) is 30.3 Å². The molecular weight excluding hydrogens is 340 g/mol. The highest BCUT2D eigenvalue weighted by atomic mass is 32.2. The van der Waals surface area contributed by atoms with Crippen LogP contribution >= 0.6 is 0 Å². The van der Waals surface area contributed by atoms with Crippen molar-refractivity contribution < 1.29 is 37.6 Å². The van der Waals surface area contributed by atoms with E-state index in [9.17, 15) is 22.8 Å². The van der Waals surface area contributed by atoms with Crippen molar-refractivity contribution in [2.24, 2.45) is 0 Å². The van der Waals surface area contributed by atoms with Crippen LogP contribution in [0.2, 0.25) is 0 Å². The van der Waals surface area contributed by atoms with Gasteiger partial charge < -0.3 is 10.2 Å². The molecule has 3 N–H and O–H groups in total. The maximum absolute atomic E-state index is 12.5. The van der Waals surface area contributed by atoms with Crippen molar-refractivity contribution in [3.8, 4) is 0 Å². The molecule has 0 aliphatic carbocycles. The first-order chi connectivity index (χ1) is 11.1. The van der Waals surface area contributed by atoms with E-state index >= 15 is 0 Å². The Morgan fingerprint density at radius 3 is 2.00 bits per heavy atom. The second-order valence-corrected chi connectivity index (χ2v) is 6.12. The lowest BCUT2D eigenvalue weighted by Gasteiger charge is -2.08. The van der Waals surface area contributed by atoms with Gasteiger partial charge in [-0.3, -0.25) is 9.35 Å². The molecule has 124 valence electrons. The van der Waals surface area contributed by atoms with Gasteiger partial charge in [-0.2, -0.15) is 8.42 Å². The van der Waals surface area contributed by atoms with Gasteiger partial charge in [0.1, 0.15) is 0 Å². The first-order valence-corrected chi connectivity index (χ1v) is 7.78. The van der Waals surface area contributed by atoms with Crippen LogP contribution < -0.4 is 0 Å². The number of carbonyl (C=O) groups is 3. The van der Waals surface area contributed by atoms with E-state index in [1.165, 1.54) is 12.1 Å². The second-order valence-electron chi connectivity index (χ2n) is 4.70. The van der Waals surface area contributed by atoms with Crippen LogP contribution in [0.25, 0.3) is 0 Å². The molecule has 0 spiro atoms. The van der Waals surface area contributed by atoms with Gasteiger partial charge >= 0.3 is 11.9 Å². The van der Waals surface area contributed by atoms with Crippen LogP contribution in [-0.2, 0) is 10.1 Å². The summed E-state index contributed by atoms with van der Waals surface area (Å²) in [5.74, 6) is -3.69. The fraction of sp³-hybridized carbons (Fsp3) is 0. The molecule has 0 aliphatic heterocycles. The Hall–Kier alpha value is -3.04. The summed E-state index contributed by atoms with van der Waals surface area (Å²) in [5.41, 5.74) is -1.35. The van der Waals surface area contributed by atoms with Gasteiger partial charge in [-0.1, -0.05) is 12.1 Å². The maximum atomic E-state index is 12.5. The molecule has 0 fully saturated rings. The van der Waals surface area contributed by atoms with Gasteiger partial charge in [0.15, 0.2) is 5.78 Å². The van der Waals surface area contributed by atoms with Crippen LogP contribution in [0.15, 0.2) is 47.4 Å². The number of aromatic carboxylic acids is 2. The Balaban J connectivity index is 2.63. The molecule has 0 amide bonds. The highest BCUT2D eigenvalue weighted by molar-refractivity contribution is 7.85. The van der Waals surface area contributed by atoms with Gasteiger partial charge in [0.25, 0.3) is 10.1 Å². The maximum Gasteiger partial charge on any atom is 0.336 e. The molecule has 24 heavy (non-hydrogen) atoms. The minimum atomic E-state index is -4.55. The molecule has 0 atom stereocenters. The first kappa shape index (κ1) is 17.3. The van der Waals surface area contributed by atoms with E-state index in [1.807, 2.05) is 0 Å². The van der Waals surface area contributed by atoms with Crippen LogP contribution in [0.5, 0.6) is 0 Å². The van der Waals surface area contributed by atoms with Crippen LogP contribution in [0.1, 0.15) is 36.6 Å². The summed E-state index contributed by atoms with van der Waals surface area (Å²) in [6, 6.07) is 7.25.